The molecule has 1 aromatic heterocycles. The van der Waals surface area contributed by atoms with E-state index in [1.165, 1.54) is 20.5 Å². The van der Waals surface area contributed by atoms with Crippen LogP contribution in [-0.4, -0.2) is 86.7 Å². The molecule has 11 heteroatoms. The van der Waals surface area contributed by atoms with Crippen LogP contribution in [0.2, 0.25) is 0 Å². The monoisotopic (exact) mass is 499 g/mol. The highest BCUT2D eigenvalue weighted by atomic mass is 32.2. The molecular formula is C22H33N3O6S2. The summed E-state index contributed by atoms with van der Waals surface area (Å²) in [4.78, 5) is 41.8. The van der Waals surface area contributed by atoms with Crippen molar-refractivity contribution in [2.75, 3.05) is 46.4 Å². The molecule has 2 aliphatic heterocycles. The maximum atomic E-state index is 13.0. The van der Waals surface area contributed by atoms with Crippen LogP contribution in [0, 0.1) is 18.8 Å². The number of rotatable bonds is 7. The molecule has 2 fully saturated rings. The van der Waals surface area contributed by atoms with Gasteiger partial charge in [0.15, 0.2) is 0 Å². The summed E-state index contributed by atoms with van der Waals surface area (Å²) in [6.07, 6.45) is 2.58. The molecule has 2 saturated heterocycles. The zero-order chi connectivity index (χ0) is 24.2. The highest BCUT2D eigenvalue weighted by Crippen LogP contribution is 2.29. The predicted molar refractivity (Wildman–Crippen MR) is 124 cm³/mol. The molecule has 1 aromatic rings. The van der Waals surface area contributed by atoms with Crippen molar-refractivity contribution < 1.29 is 27.5 Å². The second-order valence-electron chi connectivity index (χ2n) is 8.69. The first-order chi connectivity index (χ1) is 15.6. The van der Waals surface area contributed by atoms with Crippen molar-refractivity contribution in [2.45, 2.75) is 43.7 Å². The van der Waals surface area contributed by atoms with Crippen molar-refractivity contribution in [1.82, 2.24) is 14.1 Å². The first-order valence-electron chi connectivity index (χ1n) is 11.4. The van der Waals surface area contributed by atoms with Gasteiger partial charge in [-0.2, -0.15) is 4.31 Å². The lowest BCUT2D eigenvalue weighted by molar-refractivity contribution is -0.152. The Morgan fingerprint density at radius 3 is 2.48 bits per heavy atom. The summed E-state index contributed by atoms with van der Waals surface area (Å²) in [6.45, 7) is 5.17. The van der Waals surface area contributed by atoms with Gasteiger partial charge in [-0.25, -0.2) is 8.42 Å². The molecule has 0 saturated carbocycles. The summed E-state index contributed by atoms with van der Waals surface area (Å²) in [5.74, 6) is -1.55. The molecule has 2 aliphatic rings. The number of thiophene rings is 1. The third-order valence-corrected chi connectivity index (χ3v) is 9.52. The van der Waals surface area contributed by atoms with Gasteiger partial charge in [0.25, 0.3) is 10.0 Å². The van der Waals surface area contributed by atoms with Gasteiger partial charge in [-0.15, -0.1) is 11.3 Å². The van der Waals surface area contributed by atoms with Crippen molar-refractivity contribution in [1.29, 1.82) is 0 Å². The number of hydrogen-bond donors (Lipinski definition) is 0. The van der Waals surface area contributed by atoms with E-state index in [0.717, 1.165) is 4.88 Å². The van der Waals surface area contributed by atoms with Crippen LogP contribution in [0.4, 0.5) is 0 Å². The van der Waals surface area contributed by atoms with Gasteiger partial charge in [0.1, 0.15) is 4.21 Å². The fourth-order valence-corrected chi connectivity index (χ4v) is 7.35. The Kier molecular flexibility index (Phi) is 8.52. The molecule has 3 rings (SSSR count). The third kappa shape index (κ3) is 6.13. The van der Waals surface area contributed by atoms with Crippen LogP contribution in [0.3, 0.4) is 0 Å². The first-order valence-corrected chi connectivity index (χ1v) is 13.6. The number of sulfonamides is 1. The summed E-state index contributed by atoms with van der Waals surface area (Å²) in [6, 6.07) is 3.38. The average Bonchev–Trinajstić information content (AvgIpc) is 3.26. The molecule has 0 aromatic carbocycles. The summed E-state index contributed by atoms with van der Waals surface area (Å²) < 4.78 is 32.7. The number of likely N-dealkylation sites (tertiary alicyclic amines) is 1. The van der Waals surface area contributed by atoms with Gasteiger partial charge < -0.3 is 14.5 Å². The highest BCUT2D eigenvalue weighted by Gasteiger charge is 2.36. The van der Waals surface area contributed by atoms with Crippen molar-refractivity contribution in [3.63, 3.8) is 0 Å². The minimum absolute atomic E-state index is 0.0955. The molecule has 2 amide bonds. The number of esters is 1. The number of nitrogens with zero attached hydrogens (tertiary/aromatic N) is 3. The van der Waals surface area contributed by atoms with Crippen LogP contribution >= 0.6 is 11.3 Å². The Labute approximate surface area is 199 Å². The van der Waals surface area contributed by atoms with E-state index in [4.69, 9.17) is 4.74 Å². The fraction of sp³-hybridized carbons (Fsp3) is 0.682. The van der Waals surface area contributed by atoms with Gasteiger partial charge in [-0.1, -0.05) is 0 Å². The second-order valence-corrected chi connectivity index (χ2v) is 12.1. The van der Waals surface area contributed by atoms with E-state index in [0.29, 0.717) is 51.9 Å². The van der Waals surface area contributed by atoms with E-state index in [9.17, 15) is 22.8 Å². The molecule has 0 bridgehead atoms. The zero-order valence-corrected chi connectivity index (χ0v) is 21.1. The molecule has 0 spiro atoms. The number of carbonyl (C=O) groups excluding carboxylic acids is 3. The van der Waals surface area contributed by atoms with Gasteiger partial charge in [0.05, 0.1) is 25.0 Å². The van der Waals surface area contributed by atoms with Crippen LogP contribution in [-0.2, 0) is 29.1 Å². The van der Waals surface area contributed by atoms with Crippen molar-refractivity contribution in [3.05, 3.63) is 17.0 Å². The van der Waals surface area contributed by atoms with Crippen molar-refractivity contribution in [2.24, 2.45) is 11.8 Å². The Morgan fingerprint density at radius 2 is 1.82 bits per heavy atom. The molecule has 3 heterocycles. The molecule has 0 aliphatic carbocycles. The summed E-state index contributed by atoms with van der Waals surface area (Å²) in [7, 11) is -2.06. The number of carbonyl (C=O) groups is 3. The van der Waals surface area contributed by atoms with E-state index >= 15 is 0 Å². The fourth-order valence-electron chi connectivity index (χ4n) is 4.39. The number of piperidine rings is 2. The van der Waals surface area contributed by atoms with Gasteiger partial charge >= 0.3 is 5.97 Å². The van der Waals surface area contributed by atoms with Crippen LogP contribution in [0.5, 0.6) is 0 Å². The summed E-state index contributed by atoms with van der Waals surface area (Å²) >= 11 is 1.23. The van der Waals surface area contributed by atoms with Gasteiger partial charge in [0.2, 0.25) is 11.8 Å². The molecule has 0 N–H and O–H groups in total. The number of hydrogen-bond acceptors (Lipinski definition) is 7. The van der Waals surface area contributed by atoms with Gasteiger partial charge in [0, 0.05) is 38.1 Å². The van der Waals surface area contributed by atoms with Gasteiger partial charge in [-0.05, 0) is 51.7 Å². The van der Waals surface area contributed by atoms with Crippen LogP contribution in [0.25, 0.3) is 0 Å². The lowest BCUT2D eigenvalue weighted by atomic mass is 9.97. The lowest BCUT2D eigenvalue weighted by Crippen LogP contribution is -2.50. The predicted octanol–water partition coefficient (Wildman–Crippen LogP) is 1.72. The number of likely N-dealkylation sites (N-methyl/N-ethyl adjacent to an activating group) is 1. The Hall–Kier alpha value is -1.98. The average molecular weight is 500 g/mol. The van der Waals surface area contributed by atoms with Crippen molar-refractivity contribution >= 4 is 39.1 Å². The molecule has 2 atom stereocenters. The quantitative estimate of drug-likeness (QED) is 0.529. The Morgan fingerprint density at radius 1 is 1.12 bits per heavy atom. The van der Waals surface area contributed by atoms with Gasteiger partial charge in [-0.3, -0.25) is 14.4 Å². The number of amides is 2. The third-order valence-electron chi connectivity index (χ3n) is 6.19. The molecule has 2 unspecified atom stereocenters. The molecule has 0 radical (unpaired) electrons. The van der Waals surface area contributed by atoms with Crippen molar-refractivity contribution in [3.8, 4) is 0 Å². The molecule has 33 heavy (non-hydrogen) atoms. The Balaban J connectivity index is 1.58. The van der Waals surface area contributed by atoms with E-state index in [1.807, 2.05) is 6.92 Å². The lowest BCUT2D eigenvalue weighted by Gasteiger charge is -2.35. The normalized spacial score (nSPS) is 22.1. The topological polar surface area (TPSA) is 104 Å². The number of aryl methyl sites for hydroxylation is 1. The largest absolute Gasteiger partial charge is 0.466 e. The van der Waals surface area contributed by atoms with E-state index < -0.39 is 15.9 Å². The minimum atomic E-state index is -3.63. The second kappa shape index (κ2) is 11.0. The Bertz CT molecular complexity index is 977. The molecule has 184 valence electrons. The molecular weight excluding hydrogens is 466 g/mol. The smallest absolute Gasteiger partial charge is 0.310 e. The van der Waals surface area contributed by atoms with E-state index in [-0.39, 0.29) is 41.0 Å². The zero-order valence-electron chi connectivity index (χ0n) is 19.5. The maximum absolute atomic E-state index is 13.0. The summed E-state index contributed by atoms with van der Waals surface area (Å²) in [5, 5.41) is 0. The minimum Gasteiger partial charge on any atom is -0.466 e. The first kappa shape index (κ1) is 25.6. The molecule has 9 nitrogen and oxygen atoms in total. The maximum Gasteiger partial charge on any atom is 0.310 e. The summed E-state index contributed by atoms with van der Waals surface area (Å²) in [5.41, 5.74) is 0. The van der Waals surface area contributed by atoms with Crippen LogP contribution in [0.15, 0.2) is 16.3 Å². The van der Waals surface area contributed by atoms with Crippen LogP contribution in [0.1, 0.15) is 37.5 Å². The standard InChI is InChI=1S/C22H33N3O6S2/c1-4-31-22(28)18-8-5-11-24(13-18)19(26)15-23(3)21(27)17-7-6-12-25(14-17)33(29,30)20-10-9-16(2)32-20/h9-10,17-18H,4-8,11-15H2,1-3H3. The van der Waals surface area contributed by atoms with Crippen LogP contribution < -0.4 is 0 Å². The highest BCUT2D eigenvalue weighted by molar-refractivity contribution is 7.91. The van der Waals surface area contributed by atoms with E-state index in [2.05, 4.69) is 0 Å². The van der Waals surface area contributed by atoms with E-state index in [1.54, 1.807) is 31.0 Å². The SMILES string of the molecule is CCOC(=O)C1CCCN(C(=O)CN(C)C(=O)C2CCCN(S(=O)(=O)c3ccc(C)s3)C2)C1. The number of ether oxygens (including phenoxy) is 1.